The Kier molecular flexibility index (Phi) is 3.88. The quantitative estimate of drug-likeness (QED) is 0.740. The molecule has 1 aromatic carbocycles. The number of carbonyl (C=O) groups is 1. The Balaban J connectivity index is 2.27. The molecule has 1 aromatic heterocycles. The van der Waals surface area contributed by atoms with Crippen LogP contribution >= 0.6 is 0 Å². The van der Waals surface area contributed by atoms with Gasteiger partial charge in [-0.25, -0.2) is 0 Å². The van der Waals surface area contributed by atoms with Crippen LogP contribution in [0.2, 0.25) is 0 Å². The topological polar surface area (TPSA) is 17.1 Å². The van der Waals surface area contributed by atoms with E-state index in [1.807, 2.05) is 43.1 Å². The molecule has 0 saturated heterocycles. The standard InChI is InChI=1S/C16H15BO/c1-12-5-3-4-6-15(12)8-7-14-9-16(13(2)18)11-17-10-14/h3-11H,1-2H3/b8-7+. The molecule has 0 aliphatic rings. The molecule has 2 heteroatoms. The number of aryl methyl sites for hydroxylation is 1. The van der Waals surface area contributed by atoms with Crippen LogP contribution in [-0.4, -0.2) is 12.7 Å². The van der Waals surface area contributed by atoms with Crippen LogP contribution in [0.3, 0.4) is 0 Å². The molecule has 0 unspecified atom stereocenters. The first-order valence-corrected chi connectivity index (χ1v) is 6.01. The zero-order valence-electron chi connectivity index (χ0n) is 10.7. The molecule has 0 N–H and O–H groups in total. The second-order valence-corrected chi connectivity index (χ2v) is 4.37. The maximum absolute atomic E-state index is 11.3. The van der Waals surface area contributed by atoms with Gasteiger partial charge in [-0.15, -0.1) is 0 Å². The van der Waals surface area contributed by atoms with E-state index in [1.165, 1.54) is 11.1 Å². The Labute approximate surface area is 108 Å². The van der Waals surface area contributed by atoms with Crippen LogP contribution < -0.4 is 0 Å². The van der Waals surface area contributed by atoms with Crippen molar-refractivity contribution in [2.45, 2.75) is 13.8 Å². The molecular formula is C16H15BO. The molecule has 0 saturated carbocycles. The molecule has 0 atom stereocenters. The van der Waals surface area contributed by atoms with Gasteiger partial charge in [-0.2, -0.15) is 0 Å². The van der Waals surface area contributed by atoms with E-state index in [1.54, 1.807) is 6.92 Å². The van der Waals surface area contributed by atoms with Crippen molar-refractivity contribution >= 4 is 24.8 Å². The average molecular weight is 234 g/mol. The van der Waals surface area contributed by atoms with E-state index in [0.29, 0.717) is 0 Å². The number of ketones is 1. The Morgan fingerprint density at radius 3 is 2.67 bits per heavy atom. The third-order valence-electron chi connectivity index (χ3n) is 2.94. The molecule has 0 fully saturated rings. The van der Waals surface area contributed by atoms with Crippen molar-refractivity contribution in [2.75, 3.05) is 0 Å². The van der Waals surface area contributed by atoms with Crippen molar-refractivity contribution in [3.8, 4) is 0 Å². The molecule has 0 aliphatic carbocycles. The minimum absolute atomic E-state index is 0.0983. The van der Waals surface area contributed by atoms with Gasteiger partial charge in [0.05, 0.1) is 0 Å². The predicted octanol–water partition coefficient (Wildman–Crippen LogP) is 3.71. The molecule has 2 aromatic rings. The van der Waals surface area contributed by atoms with Gasteiger partial charge in [0.15, 0.2) is 0 Å². The van der Waals surface area contributed by atoms with Crippen LogP contribution in [0.1, 0.15) is 34.0 Å². The van der Waals surface area contributed by atoms with E-state index in [2.05, 4.69) is 25.1 Å². The maximum atomic E-state index is 11.3. The van der Waals surface area contributed by atoms with Gasteiger partial charge in [0.1, 0.15) is 0 Å². The summed E-state index contributed by atoms with van der Waals surface area (Å²) in [5, 5.41) is 0. The fourth-order valence-electron chi connectivity index (χ4n) is 1.82. The van der Waals surface area contributed by atoms with E-state index in [4.69, 9.17) is 0 Å². The summed E-state index contributed by atoms with van der Waals surface area (Å²) in [5.41, 5.74) is 4.25. The third-order valence-corrected chi connectivity index (χ3v) is 2.94. The van der Waals surface area contributed by atoms with E-state index < -0.39 is 0 Å². The number of hydrogen-bond donors (Lipinski definition) is 0. The second kappa shape index (κ2) is 5.59. The summed E-state index contributed by atoms with van der Waals surface area (Å²) < 4.78 is 0. The molecule has 0 bridgehead atoms. The second-order valence-electron chi connectivity index (χ2n) is 4.37. The molecule has 2 rings (SSSR count). The molecule has 0 amide bonds. The van der Waals surface area contributed by atoms with Crippen molar-refractivity contribution in [2.24, 2.45) is 0 Å². The monoisotopic (exact) mass is 234 g/mol. The molecule has 18 heavy (non-hydrogen) atoms. The number of benzene rings is 1. The minimum atomic E-state index is 0.0983. The van der Waals surface area contributed by atoms with E-state index in [-0.39, 0.29) is 5.78 Å². The Bertz CT molecular complexity index is 600. The van der Waals surface area contributed by atoms with Crippen LogP contribution in [0.15, 0.2) is 42.3 Å². The summed E-state index contributed by atoms with van der Waals surface area (Å²) in [4.78, 5) is 11.3. The number of hydrogen-bond acceptors (Lipinski definition) is 1. The molecule has 0 radical (unpaired) electrons. The van der Waals surface area contributed by atoms with Crippen molar-refractivity contribution in [3.05, 3.63) is 64.5 Å². The number of rotatable bonds is 3. The van der Waals surface area contributed by atoms with Crippen LogP contribution in [0.5, 0.6) is 0 Å². The fraction of sp³-hybridized carbons (Fsp3) is 0.125. The van der Waals surface area contributed by atoms with Gasteiger partial charge in [0.25, 0.3) is 0 Å². The normalized spacial score (nSPS) is 10.6. The average Bonchev–Trinajstić information content (AvgIpc) is 2.38. The van der Waals surface area contributed by atoms with Gasteiger partial charge in [0.2, 0.25) is 0 Å². The summed E-state index contributed by atoms with van der Waals surface area (Å²) in [6.45, 7) is 5.59. The van der Waals surface area contributed by atoms with Gasteiger partial charge in [-0.05, 0) is 0 Å². The first-order chi connectivity index (χ1) is 8.66. The van der Waals surface area contributed by atoms with Gasteiger partial charge in [-0.3, -0.25) is 0 Å². The van der Waals surface area contributed by atoms with Crippen LogP contribution in [-0.2, 0) is 0 Å². The van der Waals surface area contributed by atoms with Crippen molar-refractivity contribution in [1.29, 1.82) is 0 Å². The van der Waals surface area contributed by atoms with E-state index >= 15 is 0 Å². The Morgan fingerprint density at radius 2 is 1.94 bits per heavy atom. The van der Waals surface area contributed by atoms with Gasteiger partial charge >= 0.3 is 108 Å². The molecule has 0 aliphatic heterocycles. The van der Waals surface area contributed by atoms with Crippen LogP contribution in [0, 0.1) is 6.92 Å². The fourth-order valence-corrected chi connectivity index (χ4v) is 1.82. The van der Waals surface area contributed by atoms with Crippen molar-refractivity contribution in [1.82, 2.24) is 0 Å². The molecule has 1 heterocycles. The summed E-state index contributed by atoms with van der Waals surface area (Å²) in [6, 6.07) is 10.1. The third kappa shape index (κ3) is 3.04. The van der Waals surface area contributed by atoms with Crippen LogP contribution in [0.25, 0.3) is 12.2 Å². The first-order valence-electron chi connectivity index (χ1n) is 6.01. The predicted molar refractivity (Wildman–Crippen MR) is 77.9 cm³/mol. The number of Topliss-reactive ketones (excluding diaryl/α,β-unsaturated/α-hetero) is 1. The summed E-state index contributed by atoms with van der Waals surface area (Å²) in [7, 11) is 0. The molecular weight excluding hydrogens is 219 g/mol. The van der Waals surface area contributed by atoms with E-state index in [9.17, 15) is 4.79 Å². The molecule has 0 spiro atoms. The SMILES string of the molecule is CC(=O)c1cbcc(/C=C/c2ccccc2C)c1. The summed E-state index contributed by atoms with van der Waals surface area (Å²) in [6.07, 6.45) is 4.11. The van der Waals surface area contributed by atoms with Crippen LogP contribution in [0.4, 0.5) is 0 Å². The molecule has 1 nitrogen and oxygen atoms in total. The molecule has 88 valence electrons. The van der Waals surface area contributed by atoms with Gasteiger partial charge in [-0.1, -0.05) is 0 Å². The van der Waals surface area contributed by atoms with Gasteiger partial charge in [0, 0.05) is 0 Å². The van der Waals surface area contributed by atoms with E-state index in [0.717, 1.165) is 11.1 Å². The summed E-state index contributed by atoms with van der Waals surface area (Å²) >= 11 is 0. The Hall–Kier alpha value is -1.96. The first kappa shape index (κ1) is 12.5. The summed E-state index contributed by atoms with van der Waals surface area (Å²) in [5.74, 6) is 3.94. The zero-order chi connectivity index (χ0) is 13.0. The van der Waals surface area contributed by atoms with Crippen molar-refractivity contribution in [3.63, 3.8) is 0 Å². The number of carbonyl (C=O) groups excluding carboxylic acids is 1. The Morgan fingerprint density at radius 1 is 1.17 bits per heavy atom. The van der Waals surface area contributed by atoms with Gasteiger partial charge < -0.3 is 0 Å². The zero-order valence-corrected chi connectivity index (χ0v) is 10.7. The van der Waals surface area contributed by atoms with Crippen molar-refractivity contribution < 1.29 is 4.79 Å².